The molecule has 4 heteroatoms. The third kappa shape index (κ3) is 2.83. The van der Waals surface area contributed by atoms with Gasteiger partial charge >= 0.3 is 0 Å². The Hall–Kier alpha value is -2.41. The van der Waals surface area contributed by atoms with E-state index in [0.717, 1.165) is 17.5 Å². The summed E-state index contributed by atoms with van der Waals surface area (Å²) in [6, 6.07) is 9.57. The van der Waals surface area contributed by atoms with E-state index in [1.165, 1.54) is 0 Å². The zero-order valence-corrected chi connectivity index (χ0v) is 9.91. The summed E-state index contributed by atoms with van der Waals surface area (Å²) in [6.45, 7) is 0.708. The monoisotopic (exact) mass is 239 g/mol. The SMILES string of the molecule is N#Cc1ccc(Cn2cncc2CCC=O)cc1. The van der Waals surface area contributed by atoms with Crippen LogP contribution in [-0.4, -0.2) is 15.8 Å². The highest BCUT2D eigenvalue weighted by Crippen LogP contribution is 2.09. The number of aromatic nitrogens is 2. The van der Waals surface area contributed by atoms with Gasteiger partial charge in [-0.3, -0.25) is 0 Å². The fourth-order valence-corrected chi connectivity index (χ4v) is 1.79. The molecule has 0 N–H and O–H groups in total. The first-order valence-corrected chi connectivity index (χ1v) is 5.75. The quantitative estimate of drug-likeness (QED) is 0.749. The highest BCUT2D eigenvalue weighted by atomic mass is 16.1. The molecule has 18 heavy (non-hydrogen) atoms. The number of carbonyl (C=O) groups excluding carboxylic acids is 1. The predicted octanol–water partition coefficient (Wildman–Crippen LogP) is 1.93. The van der Waals surface area contributed by atoms with Crippen LogP contribution in [0.1, 0.15) is 23.2 Å². The lowest BCUT2D eigenvalue weighted by Gasteiger charge is -2.07. The number of hydrogen-bond acceptors (Lipinski definition) is 3. The average Bonchev–Trinajstić information content (AvgIpc) is 2.84. The molecule has 90 valence electrons. The van der Waals surface area contributed by atoms with Gasteiger partial charge in [0.05, 0.1) is 18.0 Å². The van der Waals surface area contributed by atoms with Crippen molar-refractivity contribution in [2.45, 2.75) is 19.4 Å². The number of imidazole rings is 1. The molecular weight excluding hydrogens is 226 g/mol. The lowest BCUT2D eigenvalue weighted by atomic mass is 10.1. The summed E-state index contributed by atoms with van der Waals surface area (Å²) in [5.41, 5.74) is 2.82. The maximum Gasteiger partial charge on any atom is 0.120 e. The maximum atomic E-state index is 10.4. The third-order valence-corrected chi connectivity index (χ3v) is 2.75. The first-order chi connectivity index (χ1) is 8.83. The van der Waals surface area contributed by atoms with Gasteiger partial charge in [-0.15, -0.1) is 0 Å². The van der Waals surface area contributed by atoms with Crippen LogP contribution < -0.4 is 0 Å². The second kappa shape index (κ2) is 5.78. The summed E-state index contributed by atoms with van der Waals surface area (Å²) >= 11 is 0. The van der Waals surface area contributed by atoms with Crippen LogP contribution in [0.4, 0.5) is 0 Å². The molecule has 0 bridgehead atoms. The van der Waals surface area contributed by atoms with E-state index < -0.39 is 0 Å². The molecule has 0 amide bonds. The third-order valence-electron chi connectivity index (χ3n) is 2.75. The number of benzene rings is 1. The average molecular weight is 239 g/mol. The lowest BCUT2D eigenvalue weighted by Crippen LogP contribution is -2.03. The summed E-state index contributed by atoms with van der Waals surface area (Å²) in [4.78, 5) is 14.5. The van der Waals surface area contributed by atoms with Gasteiger partial charge in [0.2, 0.25) is 0 Å². The van der Waals surface area contributed by atoms with Crippen molar-refractivity contribution >= 4 is 6.29 Å². The zero-order chi connectivity index (χ0) is 12.8. The van der Waals surface area contributed by atoms with E-state index in [4.69, 9.17) is 5.26 Å². The van der Waals surface area contributed by atoms with Crippen LogP contribution in [-0.2, 0) is 17.8 Å². The molecule has 1 aromatic carbocycles. The van der Waals surface area contributed by atoms with Gasteiger partial charge in [-0.2, -0.15) is 5.26 Å². The molecule has 0 aliphatic heterocycles. The highest BCUT2D eigenvalue weighted by molar-refractivity contribution is 5.49. The summed E-state index contributed by atoms with van der Waals surface area (Å²) in [6.07, 6.45) is 5.68. The summed E-state index contributed by atoms with van der Waals surface area (Å²) < 4.78 is 2.02. The van der Waals surface area contributed by atoms with Gasteiger partial charge in [-0.05, 0) is 24.1 Å². The van der Waals surface area contributed by atoms with Crippen molar-refractivity contribution in [3.63, 3.8) is 0 Å². The van der Waals surface area contributed by atoms with E-state index in [2.05, 4.69) is 11.1 Å². The van der Waals surface area contributed by atoms with Crippen LogP contribution >= 0.6 is 0 Å². The van der Waals surface area contributed by atoms with Gasteiger partial charge in [0, 0.05) is 24.9 Å². The smallest absolute Gasteiger partial charge is 0.120 e. The van der Waals surface area contributed by atoms with Crippen LogP contribution in [0.15, 0.2) is 36.8 Å². The summed E-state index contributed by atoms with van der Waals surface area (Å²) in [7, 11) is 0. The predicted molar refractivity (Wildman–Crippen MR) is 66.9 cm³/mol. The normalized spacial score (nSPS) is 9.94. The molecule has 0 spiro atoms. The number of aryl methyl sites for hydroxylation is 1. The number of rotatable bonds is 5. The van der Waals surface area contributed by atoms with Gasteiger partial charge < -0.3 is 9.36 Å². The molecule has 2 rings (SSSR count). The minimum absolute atomic E-state index is 0.513. The van der Waals surface area contributed by atoms with Crippen molar-refractivity contribution in [2.75, 3.05) is 0 Å². The van der Waals surface area contributed by atoms with Crippen molar-refractivity contribution in [1.82, 2.24) is 9.55 Å². The second-order valence-electron chi connectivity index (χ2n) is 4.03. The number of carbonyl (C=O) groups is 1. The topological polar surface area (TPSA) is 58.7 Å². The zero-order valence-electron chi connectivity index (χ0n) is 9.91. The lowest BCUT2D eigenvalue weighted by molar-refractivity contribution is -0.107. The molecular formula is C14H13N3O. The van der Waals surface area contributed by atoms with E-state index in [9.17, 15) is 4.79 Å². The Bertz CT molecular complexity index is 563. The van der Waals surface area contributed by atoms with Gasteiger partial charge in [0.15, 0.2) is 0 Å². The molecule has 4 nitrogen and oxygen atoms in total. The van der Waals surface area contributed by atoms with E-state index in [1.54, 1.807) is 24.7 Å². The first-order valence-electron chi connectivity index (χ1n) is 5.75. The van der Waals surface area contributed by atoms with Gasteiger partial charge in [-0.1, -0.05) is 12.1 Å². The van der Waals surface area contributed by atoms with Gasteiger partial charge in [0.25, 0.3) is 0 Å². The van der Waals surface area contributed by atoms with Crippen molar-refractivity contribution in [3.05, 3.63) is 53.6 Å². The Morgan fingerprint density at radius 1 is 1.33 bits per heavy atom. The van der Waals surface area contributed by atoms with E-state index in [0.29, 0.717) is 24.9 Å². The standard InChI is InChI=1S/C14H13N3O/c15-8-12-3-5-13(6-4-12)10-17-11-16-9-14(17)2-1-7-18/h3-7,9,11H,1-2,10H2. The fourth-order valence-electron chi connectivity index (χ4n) is 1.79. The molecule has 0 aliphatic rings. The molecule has 2 aromatic rings. The molecule has 0 aliphatic carbocycles. The second-order valence-corrected chi connectivity index (χ2v) is 4.03. The van der Waals surface area contributed by atoms with E-state index in [-0.39, 0.29) is 0 Å². The maximum absolute atomic E-state index is 10.4. The number of hydrogen-bond donors (Lipinski definition) is 0. The van der Waals surface area contributed by atoms with Gasteiger partial charge in [0.1, 0.15) is 6.29 Å². The fraction of sp³-hybridized carbons (Fsp3) is 0.214. The highest BCUT2D eigenvalue weighted by Gasteiger charge is 2.02. The number of aldehydes is 1. The first kappa shape index (κ1) is 12.1. The van der Waals surface area contributed by atoms with Crippen LogP contribution in [0.25, 0.3) is 0 Å². The largest absolute Gasteiger partial charge is 0.330 e. The molecule has 0 saturated carbocycles. The minimum atomic E-state index is 0.513. The Balaban J connectivity index is 2.10. The molecule has 0 saturated heterocycles. The Kier molecular flexibility index (Phi) is 3.87. The summed E-state index contributed by atoms with van der Waals surface area (Å²) in [5.74, 6) is 0. The van der Waals surface area contributed by atoms with Crippen molar-refractivity contribution in [3.8, 4) is 6.07 Å². The molecule has 0 radical (unpaired) electrons. The number of nitriles is 1. The summed E-state index contributed by atoms with van der Waals surface area (Å²) in [5, 5.41) is 8.73. The van der Waals surface area contributed by atoms with Gasteiger partial charge in [-0.25, -0.2) is 4.98 Å². The van der Waals surface area contributed by atoms with E-state index >= 15 is 0 Å². The molecule has 0 fully saturated rings. The Labute approximate surface area is 106 Å². The van der Waals surface area contributed by atoms with Crippen molar-refractivity contribution < 1.29 is 4.79 Å². The molecule has 0 unspecified atom stereocenters. The Morgan fingerprint density at radius 3 is 2.78 bits per heavy atom. The minimum Gasteiger partial charge on any atom is -0.330 e. The van der Waals surface area contributed by atoms with Crippen LogP contribution in [0.2, 0.25) is 0 Å². The Morgan fingerprint density at radius 2 is 2.11 bits per heavy atom. The van der Waals surface area contributed by atoms with E-state index in [1.807, 2.05) is 16.7 Å². The van der Waals surface area contributed by atoms with Crippen molar-refractivity contribution in [1.29, 1.82) is 5.26 Å². The van der Waals surface area contributed by atoms with Crippen molar-refractivity contribution in [2.24, 2.45) is 0 Å². The molecule has 1 heterocycles. The van der Waals surface area contributed by atoms with Crippen LogP contribution in [0.3, 0.4) is 0 Å². The molecule has 0 atom stereocenters. The molecule has 1 aromatic heterocycles. The number of nitrogens with zero attached hydrogens (tertiary/aromatic N) is 3. The van der Waals surface area contributed by atoms with Crippen LogP contribution in [0.5, 0.6) is 0 Å². The van der Waals surface area contributed by atoms with Crippen LogP contribution in [0, 0.1) is 11.3 Å².